The van der Waals surface area contributed by atoms with Gasteiger partial charge in [0.25, 0.3) is 5.91 Å². The highest BCUT2D eigenvalue weighted by Gasteiger charge is 2.22. The molecule has 1 amide bonds. The molecule has 3 rings (SSSR count). The number of hydrogen-bond acceptors (Lipinski definition) is 4. The van der Waals surface area contributed by atoms with E-state index >= 15 is 0 Å². The van der Waals surface area contributed by atoms with Gasteiger partial charge in [-0.05, 0) is 36.9 Å². The van der Waals surface area contributed by atoms with Gasteiger partial charge in [0.1, 0.15) is 0 Å². The lowest BCUT2D eigenvalue weighted by molar-refractivity contribution is -0.144. The largest absolute Gasteiger partial charge is 0.465 e. The Hall–Kier alpha value is -2.34. The molecule has 0 spiro atoms. The first-order valence-corrected chi connectivity index (χ1v) is 8.42. The standard InChI is InChI=1S/C18H23N3O3/c1-2-24-17(22)13-20-8-3-9-21(11-10-20)18(23)15-5-4-14-6-7-19-16(14)12-15/h4-7,12,19H,2-3,8-11,13H2,1H3. The molecule has 24 heavy (non-hydrogen) atoms. The highest BCUT2D eigenvalue weighted by atomic mass is 16.5. The van der Waals surface area contributed by atoms with Crippen LogP contribution in [0.25, 0.3) is 10.9 Å². The number of fused-ring (bicyclic) bond motifs is 1. The summed E-state index contributed by atoms with van der Waals surface area (Å²) < 4.78 is 5.00. The fourth-order valence-corrected chi connectivity index (χ4v) is 3.08. The molecule has 1 saturated heterocycles. The van der Waals surface area contributed by atoms with Gasteiger partial charge in [0, 0.05) is 43.5 Å². The van der Waals surface area contributed by atoms with Crippen LogP contribution in [0.4, 0.5) is 0 Å². The summed E-state index contributed by atoms with van der Waals surface area (Å²) in [6.07, 6.45) is 2.73. The summed E-state index contributed by atoms with van der Waals surface area (Å²) in [6, 6.07) is 7.73. The summed E-state index contributed by atoms with van der Waals surface area (Å²) in [7, 11) is 0. The third kappa shape index (κ3) is 3.76. The predicted molar refractivity (Wildman–Crippen MR) is 91.9 cm³/mol. The minimum absolute atomic E-state index is 0.0458. The first kappa shape index (κ1) is 16.5. The zero-order valence-electron chi connectivity index (χ0n) is 14.0. The number of carbonyl (C=O) groups is 2. The van der Waals surface area contributed by atoms with Crippen LogP contribution >= 0.6 is 0 Å². The van der Waals surface area contributed by atoms with Crippen molar-refractivity contribution in [3.8, 4) is 0 Å². The molecule has 0 radical (unpaired) electrons. The fourth-order valence-electron chi connectivity index (χ4n) is 3.08. The molecule has 6 heteroatoms. The van der Waals surface area contributed by atoms with E-state index in [0.717, 1.165) is 23.9 Å². The number of rotatable bonds is 4. The van der Waals surface area contributed by atoms with Crippen molar-refractivity contribution >= 4 is 22.8 Å². The van der Waals surface area contributed by atoms with Crippen LogP contribution in [0, 0.1) is 0 Å². The second-order valence-electron chi connectivity index (χ2n) is 6.01. The van der Waals surface area contributed by atoms with Gasteiger partial charge in [0.15, 0.2) is 0 Å². The Kier molecular flexibility index (Phi) is 5.15. The number of carbonyl (C=O) groups excluding carboxylic acids is 2. The topological polar surface area (TPSA) is 65.6 Å². The molecule has 1 fully saturated rings. The number of nitrogens with one attached hydrogen (secondary N) is 1. The number of H-pyrrole nitrogens is 1. The highest BCUT2D eigenvalue weighted by molar-refractivity contribution is 5.98. The van der Waals surface area contributed by atoms with Gasteiger partial charge in [0.05, 0.1) is 13.2 Å². The van der Waals surface area contributed by atoms with Gasteiger partial charge in [-0.15, -0.1) is 0 Å². The third-order valence-corrected chi connectivity index (χ3v) is 4.34. The highest BCUT2D eigenvalue weighted by Crippen LogP contribution is 2.16. The lowest BCUT2D eigenvalue weighted by Crippen LogP contribution is -2.37. The van der Waals surface area contributed by atoms with Gasteiger partial charge in [-0.1, -0.05) is 6.07 Å². The van der Waals surface area contributed by atoms with Crippen molar-refractivity contribution in [1.82, 2.24) is 14.8 Å². The second kappa shape index (κ2) is 7.49. The number of aromatic nitrogens is 1. The Balaban J connectivity index is 1.62. The van der Waals surface area contributed by atoms with Crippen LogP contribution in [0.2, 0.25) is 0 Å². The van der Waals surface area contributed by atoms with Crippen LogP contribution in [-0.2, 0) is 9.53 Å². The first-order chi connectivity index (χ1) is 11.7. The molecule has 0 atom stereocenters. The Labute approximate surface area is 141 Å². The second-order valence-corrected chi connectivity index (χ2v) is 6.01. The van der Waals surface area contributed by atoms with Crippen molar-refractivity contribution in [3.05, 3.63) is 36.0 Å². The third-order valence-electron chi connectivity index (χ3n) is 4.34. The van der Waals surface area contributed by atoms with Crippen LogP contribution in [0.3, 0.4) is 0 Å². The number of nitrogens with zero attached hydrogens (tertiary/aromatic N) is 2. The molecule has 2 aromatic rings. The van der Waals surface area contributed by atoms with Crippen molar-refractivity contribution in [1.29, 1.82) is 0 Å². The summed E-state index contributed by atoms with van der Waals surface area (Å²) in [5.41, 5.74) is 1.67. The number of ether oxygens (including phenoxy) is 1. The maximum Gasteiger partial charge on any atom is 0.320 e. The number of aromatic amines is 1. The molecule has 1 aromatic carbocycles. The minimum atomic E-state index is -0.200. The molecule has 0 aliphatic carbocycles. The Bertz CT molecular complexity index is 725. The van der Waals surface area contributed by atoms with Gasteiger partial charge in [-0.2, -0.15) is 0 Å². The van der Waals surface area contributed by atoms with Gasteiger partial charge >= 0.3 is 5.97 Å². The average Bonchev–Trinajstić information content (AvgIpc) is 2.92. The molecule has 0 saturated carbocycles. The molecule has 1 aliphatic heterocycles. The van der Waals surface area contributed by atoms with E-state index in [0.29, 0.717) is 38.3 Å². The number of esters is 1. The molecule has 0 unspecified atom stereocenters. The summed E-state index contributed by atoms with van der Waals surface area (Å²) in [5, 5.41) is 1.10. The Morgan fingerprint density at radius 1 is 1.17 bits per heavy atom. The van der Waals surface area contributed by atoms with E-state index in [2.05, 4.69) is 9.88 Å². The van der Waals surface area contributed by atoms with Crippen molar-refractivity contribution < 1.29 is 14.3 Å². The van der Waals surface area contributed by atoms with Crippen LogP contribution in [0.15, 0.2) is 30.5 Å². The van der Waals surface area contributed by atoms with Crippen molar-refractivity contribution in [2.24, 2.45) is 0 Å². The summed E-state index contributed by atoms with van der Waals surface area (Å²) in [5.74, 6) is -0.154. The van der Waals surface area contributed by atoms with Gasteiger partial charge in [-0.3, -0.25) is 14.5 Å². The molecule has 6 nitrogen and oxygen atoms in total. The van der Waals surface area contributed by atoms with Crippen LogP contribution in [-0.4, -0.2) is 66.0 Å². The molecule has 1 N–H and O–H groups in total. The minimum Gasteiger partial charge on any atom is -0.465 e. The number of hydrogen-bond donors (Lipinski definition) is 1. The lowest BCUT2D eigenvalue weighted by atomic mass is 10.1. The van der Waals surface area contributed by atoms with E-state index in [1.54, 1.807) is 0 Å². The van der Waals surface area contributed by atoms with E-state index in [9.17, 15) is 9.59 Å². The quantitative estimate of drug-likeness (QED) is 0.870. The first-order valence-electron chi connectivity index (χ1n) is 8.42. The van der Waals surface area contributed by atoms with Crippen molar-refractivity contribution in [3.63, 3.8) is 0 Å². The van der Waals surface area contributed by atoms with Gasteiger partial charge < -0.3 is 14.6 Å². The zero-order chi connectivity index (χ0) is 16.9. The molecule has 128 valence electrons. The molecule has 1 aliphatic rings. The summed E-state index contributed by atoms with van der Waals surface area (Å²) in [6.45, 7) is 5.33. The Morgan fingerprint density at radius 3 is 2.88 bits per heavy atom. The van der Waals surface area contributed by atoms with E-state index in [4.69, 9.17) is 4.74 Å². The van der Waals surface area contributed by atoms with E-state index in [1.807, 2.05) is 42.3 Å². The van der Waals surface area contributed by atoms with E-state index in [-0.39, 0.29) is 11.9 Å². The van der Waals surface area contributed by atoms with Gasteiger partial charge in [0.2, 0.25) is 0 Å². The summed E-state index contributed by atoms with van der Waals surface area (Å²) in [4.78, 5) is 31.4. The SMILES string of the molecule is CCOC(=O)CN1CCCN(C(=O)c2ccc3cc[nH]c3c2)CC1. The van der Waals surface area contributed by atoms with E-state index in [1.165, 1.54) is 0 Å². The molecular formula is C18H23N3O3. The van der Waals surface area contributed by atoms with Crippen LogP contribution < -0.4 is 0 Å². The van der Waals surface area contributed by atoms with Crippen LogP contribution in [0.5, 0.6) is 0 Å². The molecule has 2 heterocycles. The summed E-state index contributed by atoms with van der Waals surface area (Å²) >= 11 is 0. The number of amides is 1. The van der Waals surface area contributed by atoms with Crippen LogP contribution in [0.1, 0.15) is 23.7 Å². The molecular weight excluding hydrogens is 306 g/mol. The smallest absolute Gasteiger partial charge is 0.320 e. The predicted octanol–water partition coefficient (Wildman–Crippen LogP) is 1.88. The Morgan fingerprint density at radius 2 is 2.04 bits per heavy atom. The molecule has 1 aromatic heterocycles. The van der Waals surface area contributed by atoms with E-state index < -0.39 is 0 Å². The normalized spacial score (nSPS) is 16.1. The fraction of sp³-hybridized carbons (Fsp3) is 0.444. The van der Waals surface area contributed by atoms with Crippen molar-refractivity contribution in [2.45, 2.75) is 13.3 Å². The number of benzene rings is 1. The molecule has 0 bridgehead atoms. The zero-order valence-corrected chi connectivity index (χ0v) is 14.0. The van der Waals surface area contributed by atoms with Gasteiger partial charge in [-0.25, -0.2) is 0 Å². The maximum absolute atomic E-state index is 12.8. The monoisotopic (exact) mass is 329 g/mol. The average molecular weight is 329 g/mol. The lowest BCUT2D eigenvalue weighted by Gasteiger charge is -2.21. The van der Waals surface area contributed by atoms with Crippen molar-refractivity contribution in [2.75, 3.05) is 39.3 Å². The maximum atomic E-state index is 12.8.